The maximum Gasteiger partial charge on any atom is 0.311 e. The number of carbonyl (C=O) groups is 1. The lowest BCUT2D eigenvalue weighted by Crippen LogP contribution is -2.24. The number of halogens is 1. The minimum Gasteiger partial charge on any atom is -0.481 e. The number of carboxylic acid groups (broad SMARTS) is 1. The van der Waals surface area contributed by atoms with Crippen LogP contribution in [0.2, 0.25) is 0 Å². The van der Waals surface area contributed by atoms with Crippen molar-refractivity contribution >= 4 is 33.2 Å². The summed E-state index contributed by atoms with van der Waals surface area (Å²) in [6, 6.07) is 1.92. The summed E-state index contributed by atoms with van der Waals surface area (Å²) < 4.78 is 0.977. The molecule has 1 aromatic rings. The van der Waals surface area contributed by atoms with E-state index in [2.05, 4.69) is 20.8 Å². The van der Waals surface area contributed by atoms with Crippen molar-refractivity contribution < 1.29 is 9.90 Å². The Balaban J connectivity index is 1.95. The molecule has 1 unspecified atom stereocenters. The van der Waals surface area contributed by atoms with Crippen molar-refractivity contribution in [1.29, 1.82) is 0 Å². The molecule has 0 amide bonds. The number of hydrogen-bond acceptors (Lipinski definition) is 3. The molecule has 0 radical (unpaired) electrons. The zero-order valence-electron chi connectivity index (χ0n) is 9.56. The highest BCUT2D eigenvalue weighted by Gasteiger charge is 2.23. The first-order valence-electron chi connectivity index (χ1n) is 5.86. The van der Waals surface area contributed by atoms with E-state index < -0.39 is 5.97 Å². The first kappa shape index (κ1) is 13.1. The first-order valence-corrected chi connectivity index (χ1v) is 7.53. The Morgan fingerprint density at radius 3 is 2.76 bits per heavy atom. The van der Waals surface area contributed by atoms with E-state index in [1.807, 2.05) is 11.4 Å². The summed E-state index contributed by atoms with van der Waals surface area (Å²) in [6.45, 7) is 3.15. The molecule has 1 N–H and O–H groups in total. The third kappa shape index (κ3) is 3.53. The van der Waals surface area contributed by atoms with Gasteiger partial charge in [-0.05, 0) is 60.9 Å². The lowest BCUT2D eigenvalue weighted by atomic mass is 10.0. The van der Waals surface area contributed by atoms with Gasteiger partial charge in [-0.2, -0.15) is 0 Å². The Hall–Kier alpha value is -0.390. The van der Waals surface area contributed by atoms with Crippen LogP contribution in [0.4, 0.5) is 0 Å². The molecule has 5 heteroatoms. The number of hydrogen-bond donors (Lipinski definition) is 1. The van der Waals surface area contributed by atoms with Gasteiger partial charge in [-0.25, -0.2) is 0 Å². The van der Waals surface area contributed by atoms with E-state index in [1.165, 1.54) is 24.2 Å². The smallest absolute Gasteiger partial charge is 0.311 e. The van der Waals surface area contributed by atoms with Crippen LogP contribution in [0, 0.1) is 0 Å². The highest BCUT2D eigenvalue weighted by molar-refractivity contribution is 9.10. The van der Waals surface area contributed by atoms with E-state index in [0.717, 1.165) is 29.0 Å². The van der Waals surface area contributed by atoms with Crippen molar-refractivity contribution in [3.05, 3.63) is 20.8 Å². The average molecular weight is 318 g/mol. The Morgan fingerprint density at radius 1 is 1.53 bits per heavy atom. The number of aliphatic carboxylic acids is 1. The van der Waals surface area contributed by atoms with Crippen LogP contribution in [0.15, 0.2) is 15.9 Å². The van der Waals surface area contributed by atoms with Crippen LogP contribution in [-0.4, -0.2) is 35.6 Å². The predicted octanol–water partition coefficient (Wildman–Crippen LogP) is 3.16. The number of rotatable bonds is 5. The molecule has 0 spiro atoms. The van der Waals surface area contributed by atoms with Crippen LogP contribution >= 0.6 is 27.3 Å². The molecule has 0 saturated carbocycles. The normalized spacial score (nSPS) is 18.4. The Kier molecular flexibility index (Phi) is 4.59. The summed E-state index contributed by atoms with van der Waals surface area (Å²) in [4.78, 5) is 14.6. The van der Waals surface area contributed by atoms with Gasteiger partial charge in [0.2, 0.25) is 0 Å². The van der Waals surface area contributed by atoms with Gasteiger partial charge in [0.1, 0.15) is 0 Å². The quantitative estimate of drug-likeness (QED) is 0.906. The molecule has 0 bridgehead atoms. The minimum atomic E-state index is -0.710. The second-order valence-corrected chi connectivity index (χ2v) is 6.25. The fourth-order valence-electron chi connectivity index (χ4n) is 2.22. The van der Waals surface area contributed by atoms with Gasteiger partial charge in [0.25, 0.3) is 0 Å². The van der Waals surface area contributed by atoms with Crippen LogP contribution in [0.25, 0.3) is 0 Å². The highest BCUT2D eigenvalue weighted by Crippen LogP contribution is 2.29. The molecular formula is C12H16BrNO2S. The molecule has 1 aliphatic rings. The standard InChI is InChI=1S/C12H16BrNO2S/c13-9-7-11(17-8-9)10(12(15)16)3-6-14-4-1-2-5-14/h7-8,10H,1-6H2,(H,15,16). The molecule has 17 heavy (non-hydrogen) atoms. The summed E-state index contributed by atoms with van der Waals surface area (Å²) in [7, 11) is 0. The molecule has 1 aromatic heterocycles. The van der Waals surface area contributed by atoms with Gasteiger partial charge in [-0.15, -0.1) is 11.3 Å². The van der Waals surface area contributed by atoms with E-state index in [4.69, 9.17) is 0 Å². The monoisotopic (exact) mass is 317 g/mol. The molecule has 0 aliphatic carbocycles. The van der Waals surface area contributed by atoms with E-state index >= 15 is 0 Å². The fraction of sp³-hybridized carbons (Fsp3) is 0.583. The number of nitrogens with zero attached hydrogens (tertiary/aromatic N) is 1. The zero-order valence-corrected chi connectivity index (χ0v) is 12.0. The van der Waals surface area contributed by atoms with Crippen LogP contribution in [-0.2, 0) is 4.79 Å². The lowest BCUT2D eigenvalue weighted by Gasteiger charge is -2.17. The number of thiophene rings is 1. The van der Waals surface area contributed by atoms with Gasteiger partial charge in [0, 0.05) is 14.7 Å². The lowest BCUT2D eigenvalue weighted by molar-refractivity contribution is -0.139. The van der Waals surface area contributed by atoms with E-state index in [9.17, 15) is 9.90 Å². The molecule has 2 rings (SSSR count). The van der Waals surface area contributed by atoms with E-state index in [0.29, 0.717) is 6.42 Å². The zero-order chi connectivity index (χ0) is 12.3. The van der Waals surface area contributed by atoms with Crippen LogP contribution < -0.4 is 0 Å². The molecule has 1 atom stereocenters. The second kappa shape index (κ2) is 5.98. The molecule has 0 aromatic carbocycles. The summed E-state index contributed by atoms with van der Waals surface area (Å²) in [6.07, 6.45) is 3.22. The van der Waals surface area contributed by atoms with Crippen LogP contribution in [0.5, 0.6) is 0 Å². The molecule has 1 fully saturated rings. The molecule has 3 nitrogen and oxygen atoms in total. The number of likely N-dealkylation sites (tertiary alicyclic amines) is 1. The second-order valence-electron chi connectivity index (χ2n) is 4.40. The van der Waals surface area contributed by atoms with E-state index in [1.54, 1.807) is 0 Å². The molecular weight excluding hydrogens is 302 g/mol. The molecule has 2 heterocycles. The van der Waals surface area contributed by atoms with Crippen molar-refractivity contribution in [2.45, 2.75) is 25.2 Å². The van der Waals surface area contributed by atoms with Gasteiger partial charge in [0.05, 0.1) is 5.92 Å². The predicted molar refractivity (Wildman–Crippen MR) is 72.7 cm³/mol. The van der Waals surface area contributed by atoms with Gasteiger partial charge in [0.15, 0.2) is 0 Å². The van der Waals surface area contributed by atoms with Gasteiger partial charge in [-0.3, -0.25) is 4.79 Å². The SMILES string of the molecule is O=C(O)C(CCN1CCCC1)c1cc(Br)cs1. The number of carboxylic acids is 1. The van der Waals surface area contributed by atoms with Crippen LogP contribution in [0.3, 0.4) is 0 Å². The largest absolute Gasteiger partial charge is 0.481 e. The molecule has 1 saturated heterocycles. The summed E-state index contributed by atoms with van der Waals surface area (Å²) in [5.74, 6) is -1.06. The highest BCUT2D eigenvalue weighted by atomic mass is 79.9. The van der Waals surface area contributed by atoms with Crippen molar-refractivity contribution in [3.8, 4) is 0 Å². The van der Waals surface area contributed by atoms with Crippen molar-refractivity contribution in [3.63, 3.8) is 0 Å². The van der Waals surface area contributed by atoms with E-state index in [-0.39, 0.29) is 5.92 Å². The Morgan fingerprint density at radius 2 is 2.24 bits per heavy atom. The van der Waals surface area contributed by atoms with Gasteiger partial charge < -0.3 is 10.0 Å². The van der Waals surface area contributed by atoms with Gasteiger partial charge in [-0.1, -0.05) is 0 Å². The minimum absolute atomic E-state index is 0.355. The maximum absolute atomic E-state index is 11.3. The van der Waals surface area contributed by atoms with Crippen molar-refractivity contribution in [1.82, 2.24) is 4.90 Å². The Labute approximate surface area is 114 Å². The molecule has 1 aliphatic heterocycles. The summed E-state index contributed by atoms with van der Waals surface area (Å²) in [5, 5.41) is 11.2. The third-order valence-corrected chi connectivity index (χ3v) is 4.97. The Bertz CT molecular complexity index is 388. The topological polar surface area (TPSA) is 40.5 Å². The molecule has 94 valence electrons. The van der Waals surface area contributed by atoms with Crippen LogP contribution in [0.1, 0.15) is 30.1 Å². The summed E-state index contributed by atoms with van der Waals surface area (Å²) in [5.41, 5.74) is 0. The average Bonchev–Trinajstić information content (AvgIpc) is 2.90. The first-order chi connectivity index (χ1) is 8.16. The van der Waals surface area contributed by atoms with Crippen molar-refractivity contribution in [2.75, 3.05) is 19.6 Å². The third-order valence-electron chi connectivity index (χ3n) is 3.16. The summed E-state index contributed by atoms with van der Waals surface area (Å²) >= 11 is 4.90. The fourth-order valence-corrected chi connectivity index (χ4v) is 3.79. The van der Waals surface area contributed by atoms with Crippen molar-refractivity contribution in [2.24, 2.45) is 0 Å². The van der Waals surface area contributed by atoms with Gasteiger partial charge >= 0.3 is 5.97 Å². The maximum atomic E-state index is 11.3.